The maximum atomic E-state index is 11.5. The average molecular weight is 241 g/mol. The Morgan fingerprint density at radius 1 is 1.53 bits per heavy atom. The van der Waals surface area contributed by atoms with Gasteiger partial charge in [0, 0.05) is 6.42 Å². The number of carbonyl (C=O) groups excluding carboxylic acids is 1. The van der Waals surface area contributed by atoms with Gasteiger partial charge in [0.1, 0.15) is 0 Å². The van der Waals surface area contributed by atoms with Gasteiger partial charge in [-0.25, -0.2) is 4.79 Å². The third-order valence-electron chi connectivity index (χ3n) is 2.22. The van der Waals surface area contributed by atoms with E-state index < -0.39 is 5.97 Å². The zero-order valence-corrected chi connectivity index (χ0v) is 10.3. The highest BCUT2D eigenvalue weighted by molar-refractivity contribution is 6.40. The number of allylic oxidation sites excluding steroid dienone is 1. The van der Waals surface area contributed by atoms with Crippen molar-refractivity contribution in [2.24, 2.45) is 5.16 Å². The molecule has 1 saturated heterocycles. The Kier molecular flexibility index (Phi) is 6.32. The average Bonchev–Trinajstić information content (AvgIpc) is 2.36. The fourth-order valence-corrected chi connectivity index (χ4v) is 1.41. The van der Waals surface area contributed by atoms with Crippen LogP contribution in [0.15, 0.2) is 17.3 Å². The van der Waals surface area contributed by atoms with Crippen LogP contribution in [0.5, 0.6) is 0 Å². The molecule has 5 heteroatoms. The molecule has 1 rings (SSSR count). The van der Waals surface area contributed by atoms with Gasteiger partial charge in [0.25, 0.3) is 0 Å². The normalized spacial score (nSPS) is 21.5. The van der Waals surface area contributed by atoms with E-state index in [1.165, 1.54) is 0 Å². The molecule has 1 unspecified atom stereocenters. The summed E-state index contributed by atoms with van der Waals surface area (Å²) in [5.41, 5.74) is 0.156. The lowest BCUT2D eigenvalue weighted by atomic mass is 10.2. The van der Waals surface area contributed by atoms with Gasteiger partial charge in [-0.15, -0.1) is 0 Å². The first kappa shape index (κ1) is 13.7. The summed E-state index contributed by atoms with van der Waals surface area (Å²) in [6.07, 6.45) is 5.82. The van der Waals surface area contributed by atoms with Gasteiger partial charge >= 0.3 is 5.97 Å². The van der Waals surface area contributed by atoms with Crippen molar-refractivity contribution in [3.8, 4) is 0 Å². The number of hydrogen-bond acceptors (Lipinski definition) is 5. The molecular weight excluding hydrogens is 222 g/mol. The summed E-state index contributed by atoms with van der Waals surface area (Å²) in [5, 5.41) is 3.79. The lowest BCUT2D eigenvalue weighted by Gasteiger charge is -2.20. The van der Waals surface area contributed by atoms with Gasteiger partial charge in [-0.1, -0.05) is 11.2 Å². The van der Waals surface area contributed by atoms with E-state index in [9.17, 15) is 4.79 Å². The molecule has 0 N–H and O–H groups in total. The molecule has 5 nitrogen and oxygen atoms in total. The van der Waals surface area contributed by atoms with Gasteiger partial charge in [-0.3, -0.25) is 0 Å². The lowest BCUT2D eigenvalue weighted by Crippen LogP contribution is -2.22. The molecule has 1 heterocycles. The van der Waals surface area contributed by atoms with Crippen LogP contribution in [0.1, 0.15) is 33.1 Å². The van der Waals surface area contributed by atoms with E-state index >= 15 is 0 Å². The molecular formula is C12H19NO4. The SMILES string of the molecule is C/C=C/C(=N\OC1CCCCO1)C(=O)OCC. The molecule has 0 aromatic heterocycles. The number of rotatable bonds is 5. The molecule has 0 aromatic carbocycles. The molecule has 96 valence electrons. The van der Waals surface area contributed by atoms with E-state index in [1.807, 2.05) is 0 Å². The first-order valence-electron chi connectivity index (χ1n) is 5.93. The van der Waals surface area contributed by atoms with Gasteiger partial charge in [0.15, 0.2) is 5.71 Å². The summed E-state index contributed by atoms with van der Waals surface area (Å²) < 4.78 is 10.2. The van der Waals surface area contributed by atoms with Crippen LogP contribution in [0.2, 0.25) is 0 Å². The molecule has 0 spiro atoms. The Labute approximate surface area is 101 Å². The van der Waals surface area contributed by atoms with Gasteiger partial charge in [-0.2, -0.15) is 0 Å². The fraction of sp³-hybridized carbons (Fsp3) is 0.667. The molecule has 0 radical (unpaired) electrons. The third-order valence-corrected chi connectivity index (χ3v) is 2.22. The summed E-state index contributed by atoms with van der Waals surface area (Å²) in [6, 6.07) is 0. The molecule has 0 aromatic rings. The van der Waals surface area contributed by atoms with Crippen LogP contribution in [0.4, 0.5) is 0 Å². The predicted molar refractivity (Wildman–Crippen MR) is 63.6 cm³/mol. The topological polar surface area (TPSA) is 57.1 Å². The molecule has 0 aliphatic carbocycles. The Hall–Kier alpha value is -1.36. The number of ether oxygens (including phenoxy) is 2. The summed E-state index contributed by atoms with van der Waals surface area (Å²) >= 11 is 0. The fourth-order valence-electron chi connectivity index (χ4n) is 1.41. The van der Waals surface area contributed by atoms with Crippen LogP contribution in [0.25, 0.3) is 0 Å². The smallest absolute Gasteiger partial charge is 0.360 e. The van der Waals surface area contributed by atoms with Gasteiger partial charge in [0.2, 0.25) is 6.29 Å². The summed E-state index contributed by atoms with van der Waals surface area (Å²) in [5.74, 6) is -0.485. The van der Waals surface area contributed by atoms with E-state index in [-0.39, 0.29) is 12.0 Å². The largest absolute Gasteiger partial charge is 0.461 e. The Bertz CT molecular complexity index is 293. The maximum absolute atomic E-state index is 11.5. The number of hydrogen-bond donors (Lipinski definition) is 0. The molecule has 1 aliphatic heterocycles. The second-order valence-corrected chi connectivity index (χ2v) is 3.60. The lowest BCUT2D eigenvalue weighted by molar-refractivity contribution is -0.162. The number of nitrogens with zero attached hydrogens (tertiary/aromatic N) is 1. The zero-order valence-electron chi connectivity index (χ0n) is 10.3. The van der Waals surface area contributed by atoms with Crippen molar-refractivity contribution in [1.82, 2.24) is 0 Å². The van der Waals surface area contributed by atoms with Crippen LogP contribution < -0.4 is 0 Å². The summed E-state index contributed by atoms with van der Waals surface area (Å²) in [4.78, 5) is 16.7. The van der Waals surface area contributed by atoms with Crippen molar-refractivity contribution in [2.45, 2.75) is 39.4 Å². The van der Waals surface area contributed by atoms with E-state index in [2.05, 4.69) is 5.16 Å². The first-order valence-corrected chi connectivity index (χ1v) is 5.93. The van der Waals surface area contributed by atoms with Crippen LogP contribution >= 0.6 is 0 Å². The van der Waals surface area contributed by atoms with E-state index in [4.69, 9.17) is 14.3 Å². The Morgan fingerprint density at radius 3 is 2.94 bits per heavy atom. The van der Waals surface area contributed by atoms with E-state index in [0.29, 0.717) is 13.2 Å². The third kappa shape index (κ3) is 4.99. The van der Waals surface area contributed by atoms with Crippen molar-refractivity contribution in [3.05, 3.63) is 12.2 Å². The van der Waals surface area contributed by atoms with Crippen molar-refractivity contribution in [2.75, 3.05) is 13.2 Å². The molecule has 17 heavy (non-hydrogen) atoms. The second-order valence-electron chi connectivity index (χ2n) is 3.60. The van der Waals surface area contributed by atoms with Crippen molar-refractivity contribution in [3.63, 3.8) is 0 Å². The number of carbonyl (C=O) groups is 1. The van der Waals surface area contributed by atoms with Crippen LogP contribution in [-0.4, -0.2) is 31.2 Å². The Morgan fingerprint density at radius 2 is 2.35 bits per heavy atom. The minimum Gasteiger partial charge on any atom is -0.461 e. The van der Waals surface area contributed by atoms with Crippen LogP contribution in [0.3, 0.4) is 0 Å². The zero-order chi connectivity index (χ0) is 12.5. The number of oxime groups is 1. The predicted octanol–water partition coefficient (Wildman–Crippen LogP) is 2.02. The maximum Gasteiger partial charge on any atom is 0.360 e. The first-order chi connectivity index (χ1) is 8.27. The molecule has 1 fully saturated rings. The molecule has 0 saturated carbocycles. The number of esters is 1. The highest BCUT2D eigenvalue weighted by atomic mass is 16.8. The molecule has 0 amide bonds. The molecule has 1 aliphatic rings. The summed E-state index contributed by atoms with van der Waals surface area (Å²) in [7, 11) is 0. The minimum atomic E-state index is -0.485. The van der Waals surface area contributed by atoms with Crippen LogP contribution in [0, 0.1) is 0 Å². The standard InChI is InChI=1S/C12H19NO4/c1-3-7-10(12(14)15-4-2)13-17-11-8-5-6-9-16-11/h3,7,11H,4-6,8-9H2,1-2H3/b7-3+,13-10+. The quantitative estimate of drug-likeness (QED) is 0.420. The van der Waals surface area contributed by atoms with E-state index in [0.717, 1.165) is 19.3 Å². The van der Waals surface area contributed by atoms with Crippen molar-refractivity contribution in [1.29, 1.82) is 0 Å². The van der Waals surface area contributed by atoms with Gasteiger partial charge in [0.05, 0.1) is 13.2 Å². The highest BCUT2D eigenvalue weighted by Gasteiger charge is 2.16. The molecule has 0 bridgehead atoms. The van der Waals surface area contributed by atoms with Crippen molar-refractivity contribution >= 4 is 11.7 Å². The highest BCUT2D eigenvalue weighted by Crippen LogP contribution is 2.13. The summed E-state index contributed by atoms with van der Waals surface area (Å²) in [6.45, 7) is 4.54. The minimum absolute atomic E-state index is 0.156. The van der Waals surface area contributed by atoms with Gasteiger partial charge < -0.3 is 14.3 Å². The van der Waals surface area contributed by atoms with Crippen LogP contribution in [-0.2, 0) is 19.1 Å². The molecule has 1 atom stereocenters. The monoisotopic (exact) mass is 241 g/mol. The van der Waals surface area contributed by atoms with Crippen molar-refractivity contribution < 1.29 is 19.1 Å². The Balaban J connectivity index is 2.53. The van der Waals surface area contributed by atoms with E-state index in [1.54, 1.807) is 26.0 Å². The second kappa shape index (κ2) is 7.84. The van der Waals surface area contributed by atoms with Gasteiger partial charge in [-0.05, 0) is 32.8 Å².